The van der Waals surface area contributed by atoms with Crippen LogP contribution in [0.15, 0.2) is 0 Å². The lowest BCUT2D eigenvalue weighted by Gasteiger charge is -2.08. The van der Waals surface area contributed by atoms with Gasteiger partial charge < -0.3 is 25.6 Å². The van der Waals surface area contributed by atoms with E-state index in [0.29, 0.717) is 13.2 Å². The van der Waals surface area contributed by atoms with Gasteiger partial charge in [-0.3, -0.25) is 0 Å². The zero-order valence-corrected chi connectivity index (χ0v) is 8.52. The largest absolute Gasteiger partial charge is 0.479 e. The minimum Gasteiger partial charge on any atom is -0.479 e. The van der Waals surface area contributed by atoms with Gasteiger partial charge in [0.2, 0.25) is 0 Å². The number of hydrogen-bond donors (Lipinski definition) is 4. The fourth-order valence-corrected chi connectivity index (χ4v) is 0.775. The van der Waals surface area contributed by atoms with Crippen LogP contribution in [0.5, 0.6) is 0 Å². The third kappa shape index (κ3) is 7.71. The van der Waals surface area contributed by atoms with E-state index in [9.17, 15) is 9.59 Å². The summed E-state index contributed by atoms with van der Waals surface area (Å²) in [6.45, 7) is 0.890. The Morgan fingerprint density at radius 2 is 1.93 bits per heavy atom. The number of ether oxygens (including phenoxy) is 1. The maximum absolute atomic E-state index is 11.0. The molecule has 1 atom stereocenters. The monoisotopic (exact) mass is 220 g/mol. The Hall–Kier alpha value is -1.34. The minimum atomic E-state index is -1.44. The first-order valence-electron chi connectivity index (χ1n) is 4.49. The zero-order chi connectivity index (χ0) is 11.7. The average molecular weight is 220 g/mol. The molecule has 0 fully saturated rings. The molecule has 4 N–H and O–H groups in total. The number of nitrogens with one attached hydrogen (secondary N) is 2. The van der Waals surface area contributed by atoms with Crippen molar-refractivity contribution in [3.63, 3.8) is 0 Å². The Labute approximate surface area is 87.4 Å². The van der Waals surface area contributed by atoms with Crippen LogP contribution in [0.4, 0.5) is 4.79 Å². The second-order valence-corrected chi connectivity index (χ2v) is 2.82. The van der Waals surface area contributed by atoms with Gasteiger partial charge in [-0.15, -0.1) is 0 Å². The van der Waals surface area contributed by atoms with E-state index in [1.54, 1.807) is 0 Å². The van der Waals surface area contributed by atoms with E-state index in [1.165, 1.54) is 7.11 Å². The molecule has 0 saturated heterocycles. The average Bonchev–Trinajstić information content (AvgIpc) is 2.18. The lowest BCUT2D eigenvalue weighted by Crippen LogP contribution is -2.39. The molecule has 0 aliphatic carbocycles. The van der Waals surface area contributed by atoms with Crippen molar-refractivity contribution < 1.29 is 24.5 Å². The van der Waals surface area contributed by atoms with Crippen molar-refractivity contribution in [2.24, 2.45) is 0 Å². The van der Waals surface area contributed by atoms with Crippen molar-refractivity contribution in [3.05, 3.63) is 0 Å². The van der Waals surface area contributed by atoms with E-state index >= 15 is 0 Å². The highest BCUT2D eigenvalue weighted by atomic mass is 16.5. The van der Waals surface area contributed by atoms with Gasteiger partial charge >= 0.3 is 12.0 Å². The van der Waals surface area contributed by atoms with Crippen LogP contribution in [0, 0.1) is 0 Å². The molecule has 2 amide bonds. The maximum atomic E-state index is 11.0. The highest BCUT2D eigenvalue weighted by molar-refractivity contribution is 5.74. The van der Waals surface area contributed by atoms with Gasteiger partial charge in [-0.2, -0.15) is 0 Å². The molecule has 0 aromatic carbocycles. The number of carboxylic acids is 1. The Morgan fingerprint density at radius 3 is 2.47 bits per heavy atom. The van der Waals surface area contributed by atoms with Crippen molar-refractivity contribution in [2.75, 3.05) is 26.8 Å². The fourth-order valence-electron chi connectivity index (χ4n) is 0.775. The number of urea groups is 1. The van der Waals surface area contributed by atoms with Crippen LogP contribution in [-0.2, 0) is 9.53 Å². The smallest absolute Gasteiger partial charge is 0.332 e. The fraction of sp³-hybridized carbons (Fsp3) is 0.750. The SMILES string of the molecule is COCCNC(=O)NCC[C@H](O)C(=O)O. The maximum Gasteiger partial charge on any atom is 0.332 e. The number of carbonyl (C=O) groups is 2. The standard InChI is InChI=1S/C8H16N2O5/c1-15-5-4-10-8(14)9-3-2-6(11)7(12)13/h6,11H,2-5H2,1H3,(H,12,13)(H2,9,10,14)/t6-/m0/s1. The summed E-state index contributed by atoms with van der Waals surface area (Å²) in [7, 11) is 1.52. The first-order valence-corrected chi connectivity index (χ1v) is 4.49. The molecule has 7 heteroatoms. The molecular formula is C8H16N2O5. The number of methoxy groups -OCH3 is 1. The van der Waals surface area contributed by atoms with Gasteiger partial charge in [0.05, 0.1) is 6.61 Å². The Balaban J connectivity index is 3.42. The summed E-state index contributed by atoms with van der Waals surface area (Å²) >= 11 is 0. The van der Waals surface area contributed by atoms with Gasteiger partial charge in [0, 0.05) is 26.6 Å². The molecular weight excluding hydrogens is 204 g/mol. The number of aliphatic carboxylic acids is 1. The topological polar surface area (TPSA) is 108 Å². The lowest BCUT2D eigenvalue weighted by molar-refractivity contribution is -0.146. The normalized spacial score (nSPS) is 11.9. The molecule has 15 heavy (non-hydrogen) atoms. The lowest BCUT2D eigenvalue weighted by atomic mass is 10.2. The van der Waals surface area contributed by atoms with E-state index in [0.717, 1.165) is 0 Å². The Bertz CT molecular complexity index is 209. The van der Waals surface area contributed by atoms with Crippen LogP contribution in [0.25, 0.3) is 0 Å². The van der Waals surface area contributed by atoms with E-state index in [4.69, 9.17) is 14.9 Å². The summed E-state index contributed by atoms with van der Waals surface area (Å²) in [5, 5.41) is 22.1. The summed E-state index contributed by atoms with van der Waals surface area (Å²) < 4.78 is 4.71. The summed E-state index contributed by atoms with van der Waals surface area (Å²) in [5.41, 5.74) is 0. The number of aliphatic hydroxyl groups excluding tert-OH is 1. The highest BCUT2D eigenvalue weighted by Gasteiger charge is 2.12. The second kappa shape index (κ2) is 8.01. The van der Waals surface area contributed by atoms with Crippen LogP contribution >= 0.6 is 0 Å². The van der Waals surface area contributed by atoms with Gasteiger partial charge in [-0.25, -0.2) is 9.59 Å². The van der Waals surface area contributed by atoms with Crippen LogP contribution < -0.4 is 10.6 Å². The van der Waals surface area contributed by atoms with Gasteiger partial charge in [-0.1, -0.05) is 0 Å². The van der Waals surface area contributed by atoms with Gasteiger partial charge in [0.25, 0.3) is 0 Å². The number of amides is 2. The first kappa shape index (κ1) is 13.7. The zero-order valence-electron chi connectivity index (χ0n) is 8.52. The van der Waals surface area contributed by atoms with E-state index in [1.807, 2.05) is 0 Å². The molecule has 0 aromatic rings. The van der Waals surface area contributed by atoms with Crippen LogP contribution in [-0.4, -0.2) is 55.1 Å². The summed E-state index contributed by atoms with van der Waals surface area (Å²) in [6, 6.07) is -0.412. The molecule has 0 aliphatic heterocycles. The van der Waals surface area contributed by atoms with Crippen molar-refractivity contribution >= 4 is 12.0 Å². The van der Waals surface area contributed by atoms with Crippen molar-refractivity contribution in [3.8, 4) is 0 Å². The van der Waals surface area contributed by atoms with Gasteiger partial charge in [0.15, 0.2) is 6.10 Å². The molecule has 0 radical (unpaired) electrons. The quantitative estimate of drug-likeness (QED) is 0.402. The number of hydrogen-bond acceptors (Lipinski definition) is 4. The number of aliphatic hydroxyl groups is 1. The van der Waals surface area contributed by atoms with Crippen LogP contribution in [0.3, 0.4) is 0 Å². The molecule has 0 heterocycles. The predicted octanol–water partition coefficient (Wildman–Crippen LogP) is -1.23. The third-order valence-corrected chi connectivity index (χ3v) is 1.58. The van der Waals surface area contributed by atoms with Gasteiger partial charge in [-0.05, 0) is 0 Å². The predicted molar refractivity (Wildman–Crippen MR) is 51.5 cm³/mol. The van der Waals surface area contributed by atoms with Crippen molar-refractivity contribution in [1.82, 2.24) is 10.6 Å². The van der Waals surface area contributed by atoms with Crippen molar-refractivity contribution in [1.29, 1.82) is 0 Å². The molecule has 0 rings (SSSR count). The Kier molecular flexibility index (Phi) is 7.29. The second-order valence-electron chi connectivity index (χ2n) is 2.82. The van der Waals surface area contributed by atoms with Crippen molar-refractivity contribution in [2.45, 2.75) is 12.5 Å². The summed E-state index contributed by atoms with van der Waals surface area (Å²) in [5.74, 6) is -1.29. The van der Waals surface area contributed by atoms with Crippen LogP contribution in [0.1, 0.15) is 6.42 Å². The molecule has 0 aromatic heterocycles. The molecule has 0 saturated carbocycles. The van der Waals surface area contributed by atoms with E-state index in [2.05, 4.69) is 10.6 Å². The highest BCUT2D eigenvalue weighted by Crippen LogP contribution is 1.88. The van der Waals surface area contributed by atoms with Crippen LogP contribution in [0.2, 0.25) is 0 Å². The molecule has 88 valence electrons. The number of rotatable bonds is 7. The third-order valence-electron chi connectivity index (χ3n) is 1.58. The molecule has 0 aliphatic rings. The van der Waals surface area contributed by atoms with E-state index < -0.39 is 18.1 Å². The molecule has 7 nitrogen and oxygen atoms in total. The number of carbonyl (C=O) groups excluding carboxylic acids is 1. The summed E-state index contributed by atoms with van der Waals surface area (Å²) in [4.78, 5) is 21.2. The molecule has 0 bridgehead atoms. The summed E-state index contributed by atoms with van der Waals surface area (Å²) in [6.07, 6.45) is -1.46. The van der Waals surface area contributed by atoms with E-state index in [-0.39, 0.29) is 13.0 Å². The molecule has 0 unspecified atom stereocenters. The first-order chi connectivity index (χ1) is 7.07. The Morgan fingerprint density at radius 1 is 1.33 bits per heavy atom. The van der Waals surface area contributed by atoms with Gasteiger partial charge in [0.1, 0.15) is 0 Å². The molecule has 0 spiro atoms. The minimum absolute atomic E-state index is 0.0208. The number of carboxylic acid groups (broad SMARTS) is 1.